The molecule has 0 radical (unpaired) electrons. The van der Waals surface area contributed by atoms with Crippen molar-refractivity contribution in [3.63, 3.8) is 0 Å². The first-order valence-corrected chi connectivity index (χ1v) is 8.27. The van der Waals surface area contributed by atoms with E-state index in [9.17, 15) is 0 Å². The van der Waals surface area contributed by atoms with Gasteiger partial charge in [-0.1, -0.05) is 0 Å². The minimum Gasteiger partial charge on any atom is -0.516 e. The fourth-order valence-electron chi connectivity index (χ4n) is 3.07. The van der Waals surface area contributed by atoms with Crippen molar-refractivity contribution in [3.8, 4) is 11.1 Å². The highest BCUT2D eigenvalue weighted by atomic mass is 16.5. The summed E-state index contributed by atoms with van der Waals surface area (Å²) in [6, 6.07) is 2.10. The summed E-state index contributed by atoms with van der Waals surface area (Å²) in [7, 11) is 1.66. The fourth-order valence-corrected chi connectivity index (χ4v) is 3.07. The summed E-state index contributed by atoms with van der Waals surface area (Å²) < 4.78 is 7.25. The van der Waals surface area contributed by atoms with Crippen LogP contribution < -0.4 is 0 Å². The Bertz CT molecular complexity index is 915. The molecule has 0 amide bonds. The SMILES string of the molecule is CCn1ncc2c(-c3cncc(C)c3)c(C/C=C/O)c(COC)nc21. The van der Waals surface area contributed by atoms with E-state index in [0.717, 1.165) is 51.8 Å². The van der Waals surface area contributed by atoms with Gasteiger partial charge in [0.15, 0.2) is 5.65 Å². The smallest absolute Gasteiger partial charge is 0.158 e. The van der Waals surface area contributed by atoms with E-state index in [2.05, 4.69) is 16.1 Å². The van der Waals surface area contributed by atoms with E-state index < -0.39 is 0 Å². The third kappa shape index (κ3) is 3.25. The lowest BCUT2D eigenvalue weighted by Gasteiger charge is -2.15. The lowest BCUT2D eigenvalue weighted by Crippen LogP contribution is -2.06. The van der Waals surface area contributed by atoms with Gasteiger partial charge in [0.2, 0.25) is 0 Å². The molecule has 0 fully saturated rings. The van der Waals surface area contributed by atoms with Crippen molar-refractivity contribution in [3.05, 3.63) is 53.8 Å². The predicted octanol–water partition coefficient (Wildman–Crippen LogP) is 3.58. The summed E-state index contributed by atoms with van der Waals surface area (Å²) >= 11 is 0. The quantitative estimate of drug-likeness (QED) is 0.695. The van der Waals surface area contributed by atoms with Gasteiger partial charge in [0.05, 0.1) is 24.8 Å². The Hall–Kier alpha value is -2.73. The number of hydrogen-bond donors (Lipinski definition) is 1. The monoisotopic (exact) mass is 338 g/mol. The minimum absolute atomic E-state index is 0.395. The van der Waals surface area contributed by atoms with E-state index in [4.69, 9.17) is 14.8 Å². The first-order chi connectivity index (χ1) is 12.2. The van der Waals surface area contributed by atoms with Gasteiger partial charge in [0.1, 0.15) is 0 Å². The zero-order valence-electron chi connectivity index (χ0n) is 14.7. The highest BCUT2D eigenvalue weighted by Gasteiger charge is 2.19. The number of pyridine rings is 2. The largest absolute Gasteiger partial charge is 0.516 e. The molecule has 0 aromatic carbocycles. The molecular formula is C19H22N4O2. The molecule has 0 aliphatic heterocycles. The number of aliphatic hydroxyl groups is 1. The molecule has 0 bridgehead atoms. The van der Waals surface area contributed by atoms with Crippen LogP contribution in [0.25, 0.3) is 22.2 Å². The molecule has 0 atom stereocenters. The van der Waals surface area contributed by atoms with E-state index in [1.165, 1.54) is 0 Å². The van der Waals surface area contributed by atoms with Crippen LogP contribution in [0.2, 0.25) is 0 Å². The zero-order chi connectivity index (χ0) is 17.8. The fraction of sp³-hybridized carbons (Fsp3) is 0.316. The topological polar surface area (TPSA) is 73.1 Å². The molecule has 3 heterocycles. The number of nitrogens with zero attached hydrogens (tertiary/aromatic N) is 4. The van der Waals surface area contributed by atoms with Crippen LogP contribution >= 0.6 is 0 Å². The maximum Gasteiger partial charge on any atom is 0.158 e. The van der Waals surface area contributed by atoms with Crippen LogP contribution in [0.3, 0.4) is 0 Å². The maximum absolute atomic E-state index is 9.15. The van der Waals surface area contributed by atoms with Gasteiger partial charge in [-0.2, -0.15) is 5.10 Å². The summed E-state index contributed by atoms with van der Waals surface area (Å²) in [4.78, 5) is 9.14. The molecule has 0 saturated heterocycles. The first kappa shape index (κ1) is 17.1. The number of methoxy groups -OCH3 is 1. The second-order valence-corrected chi connectivity index (χ2v) is 5.88. The Morgan fingerprint density at radius 3 is 2.80 bits per heavy atom. The average Bonchev–Trinajstić information content (AvgIpc) is 3.02. The summed E-state index contributed by atoms with van der Waals surface area (Å²) in [6.45, 7) is 5.20. The van der Waals surface area contributed by atoms with Gasteiger partial charge in [-0.25, -0.2) is 9.67 Å². The summed E-state index contributed by atoms with van der Waals surface area (Å²) in [5.41, 5.74) is 5.85. The van der Waals surface area contributed by atoms with Crippen LogP contribution in [0.1, 0.15) is 23.7 Å². The van der Waals surface area contributed by atoms with Crippen molar-refractivity contribution in [2.75, 3.05) is 7.11 Å². The van der Waals surface area contributed by atoms with E-state index in [1.807, 2.05) is 37.1 Å². The number of fused-ring (bicyclic) bond motifs is 1. The molecule has 3 aromatic heterocycles. The Morgan fingerprint density at radius 2 is 2.12 bits per heavy atom. The molecule has 0 aliphatic rings. The molecule has 6 nitrogen and oxygen atoms in total. The van der Waals surface area contributed by atoms with Crippen molar-refractivity contribution < 1.29 is 9.84 Å². The van der Waals surface area contributed by atoms with Crippen LogP contribution in [0.4, 0.5) is 0 Å². The number of aromatic nitrogens is 4. The number of aryl methyl sites for hydroxylation is 2. The van der Waals surface area contributed by atoms with Gasteiger partial charge in [0.25, 0.3) is 0 Å². The average molecular weight is 338 g/mol. The maximum atomic E-state index is 9.15. The van der Waals surface area contributed by atoms with Crippen molar-refractivity contribution >= 4 is 11.0 Å². The van der Waals surface area contributed by atoms with Crippen LogP contribution in [0, 0.1) is 6.92 Å². The van der Waals surface area contributed by atoms with Crippen molar-refractivity contribution in [1.29, 1.82) is 0 Å². The normalized spacial score (nSPS) is 11.6. The van der Waals surface area contributed by atoms with Crippen LogP contribution in [0.15, 0.2) is 37.0 Å². The van der Waals surface area contributed by atoms with Crippen LogP contribution in [0.5, 0.6) is 0 Å². The van der Waals surface area contributed by atoms with E-state index >= 15 is 0 Å². The summed E-state index contributed by atoms with van der Waals surface area (Å²) in [5.74, 6) is 0. The Labute approximate surface area is 146 Å². The molecule has 25 heavy (non-hydrogen) atoms. The van der Waals surface area contributed by atoms with Gasteiger partial charge < -0.3 is 9.84 Å². The second kappa shape index (κ2) is 7.44. The first-order valence-electron chi connectivity index (χ1n) is 8.27. The molecule has 0 spiro atoms. The molecular weight excluding hydrogens is 316 g/mol. The molecule has 0 unspecified atom stereocenters. The second-order valence-electron chi connectivity index (χ2n) is 5.88. The number of allylic oxidation sites excluding steroid dienone is 1. The van der Waals surface area contributed by atoms with Gasteiger partial charge in [0, 0.05) is 42.6 Å². The molecule has 3 aromatic rings. The Morgan fingerprint density at radius 1 is 1.28 bits per heavy atom. The van der Waals surface area contributed by atoms with Crippen molar-refractivity contribution in [2.24, 2.45) is 0 Å². The molecule has 0 saturated carbocycles. The highest BCUT2D eigenvalue weighted by molar-refractivity contribution is 5.95. The number of hydrogen-bond acceptors (Lipinski definition) is 5. The molecule has 1 N–H and O–H groups in total. The molecule has 3 rings (SSSR count). The number of aliphatic hydroxyl groups excluding tert-OH is 1. The van der Waals surface area contributed by atoms with Gasteiger partial charge in [-0.3, -0.25) is 4.98 Å². The van der Waals surface area contributed by atoms with Crippen molar-refractivity contribution in [1.82, 2.24) is 19.7 Å². The summed E-state index contributed by atoms with van der Waals surface area (Å²) in [5, 5.41) is 14.6. The Balaban J connectivity index is 2.37. The standard InChI is InChI=1S/C19H22N4O2/c1-4-23-19-16(11-21-23)18(14-8-13(2)9-20-10-14)15(6-5-7-24)17(22-19)12-25-3/h5,7-11,24H,4,6,12H2,1-3H3/b7-5+. The summed E-state index contributed by atoms with van der Waals surface area (Å²) in [6.07, 6.45) is 8.87. The molecule has 0 aliphatic carbocycles. The van der Waals surface area contributed by atoms with Gasteiger partial charge >= 0.3 is 0 Å². The molecule has 6 heteroatoms. The lowest BCUT2D eigenvalue weighted by molar-refractivity contribution is 0.181. The minimum atomic E-state index is 0.395. The van der Waals surface area contributed by atoms with Gasteiger partial charge in [-0.15, -0.1) is 0 Å². The highest BCUT2D eigenvalue weighted by Crippen LogP contribution is 2.34. The lowest BCUT2D eigenvalue weighted by atomic mass is 9.94. The van der Waals surface area contributed by atoms with Gasteiger partial charge in [-0.05, 0) is 43.5 Å². The Kier molecular flexibility index (Phi) is 5.09. The van der Waals surface area contributed by atoms with Crippen LogP contribution in [-0.4, -0.2) is 32.0 Å². The van der Waals surface area contributed by atoms with E-state index in [0.29, 0.717) is 13.0 Å². The predicted molar refractivity (Wildman–Crippen MR) is 97.4 cm³/mol. The third-order valence-electron chi connectivity index (χ3n) is 4.14. The zero-order valence-corrected chi connectivity index (χ0v) is 14.7. The van der Waals surface area contributed by atoms with E-state index in [1.54, 1.807) is 13.2 Å². The van der Waals surface area contributed by atoms with Crippen LogP contribution in [-0.2, 0) is 24.3 Å². The molecule has 130 valence electrons. The number of ether oxygens (including phenoxy) is 1. The third-order valence-corrected chi connectivity index (χ3v) is 4.14. The number of rotatable bonds is 6. The van der Waals surface area contributed by atoms with E-state index in [-0.39, 0.29) is 0 Å². The van der Waals surface area contributed by atoms with Crippen molar-refractivity contribution in [2.45, 2.75) is 33.4 Å².